The van der Waals surface area contributed by atoms with Crippen molar-refractivity contribution in [2.75, 3.05) is 33.2 Å². The van der Waals surface area contributed by atoms with Gasteiger partial charge in [-0.15, -0.1) is 0 Å². The van der Waals surface area contributed by atoms with Crippen molar-refractivity contribution in [1.29, 1.82) is 0 Å². The van der Waals surface area contributed by atoms with Gasteiger partial charge in [0.25, 0.3) is 0 Å². The number of ether oxygens (including phenoxy) is 3. The van der Waals surface area contributed by atoms with E-state index in [1.165, 1.54) is 103 Å². The van der Waals surface area contributed by atoms with E-state index in [1.54, 1.807) is 6.92 Å². The number of carbonyl (C=O) groups excluding carboxylic acids is 2. The number of aliphatic hydroxyl groups excluding tert-OH is 1. The molecule has 1 amide bonds. The lowest BCUT2D eigenvalue weighted by molar-refractivity contribution is -0.159. The Morgan fingerprint density at radius 3 is 1.67 bits per heavy atom. The van der Waals surface area contributed by atoms with Crippen molar-refractivity contribution < 1.29 is 28.9 Å². The predicted molar refractivity (Wildman–Crippen MR) is 160 cm³/mol. The minimum Gasteiger partial charge on any atom is -0.457 e. The molecule has 0 aromatic carbocycles. The third-order valence-corrected chi connectivity index (χ3v) is 7.05. The molecule has 1 atom stereocenters. The van der Waals surface area contributed by atoms with Crippen LogP contribution in [-0.2, 0) is 23.8 Å². The topological polar surface area (TPSA) is 94.1 Å². The van der Waals surface area contributed by atoms with Crippen molar-refractivity contribution in [3.63, 3.8) is 0 Å². The zero-order valence-electron chi connectivity index (χ0n) is 25.7. The number of hydrogen-bond acceptors (Lipinski definition) is 6. The molecule has 0 aliphatic heterocycles. The molecule has 0 bridgehead atoms. The third kappa shape index (κ3) is 31.2. The number of hydrogen-bond donors (Lipinski definition) is 2. The summed E-state index contributed by atoms with van der Waals surface area (Å²) < 4.78 is 16.3. The van der Waals surface area contributed by atoms with Crippen LogP contribution in [0.4, 0.5) is 0 Å². The molecule has 7 nitrogen and oxygen atoms in total. The second-order valence-corrected chi connectivity index (χ2v) is 11.0. The lowest BCUT2D eigenvalue weighted by Crippen LogP contribution is -2.27. The van der Waals surface area contributed by atoms with E-state index in [0.717, 1.165) is 38.6 Å². The number of esters is 1. The molecular weight excluding hydrogens is 494 g/mol. The molecule has 7 heteroatoms. The summed E-state index contributed by atoms with van der Waals surface area (Å²) in [4.78, 5) is 22.8. The number of amides is 1. The average Bonchev–Trinajstić information content (AvgIpc) is 2.92. The highest BCUT2D eigenvalue weighted by molar-refractivity contribution is 5.72. The van der Waals surface area contributed by atoms with Crippen LogP contribution in [0.2, 0.25) is 0 Å². The van der Waals surface area contributed by atoms with Gasteiger partial charge in [0.05, 0.1) is 13.2 Å². The minimum absolute atomic E-state index is 0.0563. The van der Waals surface area contributed by atoms with Gasteiger partial charge in [0.15, 0.2) is 0 Å². The van der Waals surface area contributed by atoms with E-state index in [4.69, 9.17) is 14.2 Å². The summed E-state index contributed by atoms with van der Waals surface area (Å²) in [6, 6.07) is 0. The lowest BCUT2D eigenvalue weighted by Gasteiger charge is -2.16. The van der Waals surface area contributed by atoms with Crippen LogP contribution in [0.5, 0.6) is 0 Å². The molecule has 0 rings (SSSR count). The molecule has 0 saturated carbocycles. The number of nitrogens with one attached hydrogen (secondary N) is 1. The summed E-state index contributed by atoms with van der Waals surface area (Å²) in [5, 5.41) is 12.3. The fraction of sp³-hybridized carbons (Fsp3) is 0.938. The first-order chi connectivity index (χ1) is 19.1. The average molecular weight is 558 g/mol. The van der Waals surface area contributed by atoms with E-state index in [1.807, 2.05) is 0 Å². The first kappa shape index (κ1) is 37.8. The Kier molecular flexibility index (Phi) is 30.4. The summed E-state index contributed by atoms with van der Waals surface area (Å²) in [6.45, 7) is 5.35. The Bertz CT molecular complexity index is 531. The molecule has 0 fully saturated rings. The van der Waals surface area contributed by atoms with Crippen LogP contribution >= 0.6 is 0 Å². The van der Waals surface area contributed by atoms with E-state index in [9.17, 15) is 14.7 Å². The standard InChI is InChI=1S/C32H63NO6/c1-3-4-5-6-7-8-9-10-12-15-18-21-24-32(36)39-31(27-34)28-38-29-37-26-23-20-17-14-11-13-16-19-22-25-33-30(2)35/h31,34H,3-29H2,1-2H3,(H,33,35)/t31-/m1/s1. The van der Waals surface area contributed by atoms with Crippen molar-refractivity contribution in [2.24, 2.45) is 0 Å². The lowest BCUT2D eigenvalue weighted by atomic mass is 10.0. The van der Waals surface area contributed by atoms with Gasteiger partial charge >= 0.3 is 5.97 Å². The molecule has 0 saturated heterocycles. The quantitative estimate of drug-likeness (QED) is 0.0517. The molecule has 0 aromatic heterocycles. The molecule has 0 unspecified atom stereocenters. The first-order valence-electron chi connectivity index (χ1n) is 16.3. The summed E-state index contributed by atoms with van der Waals surface area (Å²) in [5.74, 6) is -0.198. The molecule has 0 heterocycles. The monoisotopic (exact) mass is 557 g/mol. The smallest absolute Gasteiger partial charge is 0.306 e. The van der Waals surface area contributed by atoms with Crippen LogP contribution < -0.4 is 5.32 Å². The van der Waals surface area contributed by atoms with Gasteiger partial charge in [-0.05, 0) is 19.3 Å². The summed E-state index contributed by atoms with van der Waals surface area (Å²) >= 11 is 0. The Morgan fingerprint density at radius 1 is 0.667 bits per heavy atom. The molecule has 2 N–H and O–H groups in total. The SMILES string of the molecule is CCCCCCCCCCCCCCC(=O)O[C@H](CO)COCOCCCCCCCCCCCNC(C)=O. The van der Waals surface area contributed by atoms with Gasteiger partial charge in [0.1, 0.15) is 12.9 Å². The van der Waals surface area contributed by atoms with Gasteiger partial charge in [-0.3, -0.25) is 9.59 Å². The molecular formula is C32H63NO6. The minimum atomic E-state index is -0.621. The van der Waals surface area contributed by atoms with Gasteiger partial charge in [0.2, 0.25) is 5.91 Å². The van der Waals surface area contributed by atoms with Gasteiger partial charge in [-0.1, -0.05) is 122 Å². The molecule has 0 aliphatic rings. The third-order valence-electron chi connectivity index (χ3n) is 7.05. The van der Waals surface area contributed by atoms with Gasteiger partial charge in [-0.25, -0.2) is 0 Å². The second kappa shape index (κ2) is 31.3. The van der Waals surface area contributed by atoms with E-state index in [0.29, 0.717) is 13.0 Å². The van der Waals surface area contributed by atoms with Crippen molar-refractivity contribution in [3.8, 4) is 0 Å². The van der Waals surface area contributed by atoms with Gasteiger partial charge < -0.3 is 24.6 Å². The van der Waals surface area contributed by atoms with E-state index < -0.39 is 6.10 Å². The zero-order valence-corrected chi connectivity index (χ0v) is 25.7. The van der Waals surface area contributed by atoms with Gasteiger partial charge in [-0.2, -0.15) is 0 Å². The van der Waals surface area contributed by atoms with Crippen LogP contribution in [0.15, 0.2) is 0 Å². The van der Waals surface area contributed by atoms with Crippen molar-refractivity contribution in [1.82, 2.24) is 5.32 Å². The Morgan fingerprint density at radius 2 is 1.15 bits per heavy atom. The highest BCUT2D eigenvalue weighted by Crippen LogP contribution is 2.13. The second-order valence-electron chi connectivity index (χ2n) is 11.0. The number of unbranched alkanes of at least 4 members (excludes halogenated alkanes) is 19. The maximum absolute atomic E-state index is 12.0. The van der Waals surface area contributed by atoms with E-state index in [-0.39, 0.29) is 31.9 Å². The Balaban J connectivity index is 3.40. The molecule has 0 spiro atoms. The van der Waals surface area contributed by atoms with Crippen molar-refractivity contribution in [3.05, 3.63) is 0 Å². The van der Waals surface area contributed by atoms with E-state index in [2.05, 4.69) is 12.2 Å². The van der Waals surface area contributed by atoms with Crippen LogP contribution in [0.1, 0.15) is 155 Å². The highest BCUT2D eigenvalue weighted by Gasteiger charge is 2.13. The van der Waals surface area contributed by atoms with Crippen molar-refractivity contribution in [2.45, 2.75) is 161 Å². The largest absolute Gasteiger partial charge is 0.457 e. The van der Waals surface area contributed by atoms with Gasteiger partial charge in [0, 0.05) is 26.5 Å². The zero-order chi connectivity index (χ0) is 28.7. The molecule has 0 aliphatic carbocycles. The fourth-order valence-corrected chi connectivity index (χ4v) is 4.61. The number of carbonyl (C=O) groups is 2. The Labute approximate surface area is 240 Å². The number of aliphatic hydroxyl groups is 1. The summed E-state index contributed by atoms with van der Waals surface area (Å²) in [6.07, 6.45) is 25.6. The molecule has 232 valence electrons. The maximum Gasteiger partial charge on any atom is 0.306 e. The number of rotatable bonds is 31. The predicted octanol–water partition coefficient (Wildman–Crippen LogP) is 7.62. The molecule has 0 aromatic rings. The molecule has 0 radical (unpaired) electrons. The van der Waals surface area contributed by atoms with Crippen LogP contribution in [0.25, 0.3) is 0 Å². The summed E-state index contributed by atoms with van der Waals surface area (Å²) in [7, 11) is 0. The van der Waals surface area contributed by atoms with E-state index >= 15 is 0 Å². The maximum atomic E-state index is 12.0. The van der Waals surface area contributed by atoms with Crippen molar-refractivity contribution >= 4 is 11.9 Å². The fourth-order valence-electron chi connectivity index (χ4n) is 4.61. The molecule has 39 heavy (non-hydrogen) atoms. The summed E-state index contributed by atoms with van der Waals surface area (Å²) in [5.41, 5.74) is 0. The van der Waals surface area contributed by atoms with Crippen LogP contribution in [-0.4, -0.2) is 56.2 Å². The Hall–Kier alpha value is -1.18. The normalized spacial score (nSPS) is 12.0. The van der Waals surface area contributed by atoms with Crippen LogP contribution in [0.3, 0.4) is 0 Å². The van der Waals surface area contributed by atoms with Crippen LogP contribution in [0, 0.1) is 0 Å². The first-order valence-corrected chi connectivity index (χ1v) is 16.3. The highest BCUT2D eigenvalue weighted by atomic mass is 16.7.